The number of Topliss-reactive ketones (excluding diaryl/α,β-unsaturated/α-hetero) is 1. The van der Waals surface area contributed by atoms with E-state index in [9.17, 15) is 9.59 Å². The van der Waals surface area contributed by atoms with Gasteiger partial charge in [0.05, 0.1) is 6.04 Å². The van der Waals surface area contributed by atoms with Crippen LogP contribution in [0.4, 0.5) is 0 Å². The van der Waals surface area contributed by atoms with Crippen molar-refractivity contribution in [3.8, 4) is 0 Å². The van der Waals surface area contributed by atoms with E-state index in [0.29, 0.717) is 0 Å². The molecule has 0 bridgehead atoms. The molecule has 0 aliphatic carbocycles. The van der Waals surface area contributed by atoms with Gasteiger partial charge < -0.3 is 10.4 Å². The largest absolute Gasteiger partial charge is 0.512 e. The zero-order valence-corrected chi connectivity index (χ0v) is 8.63. The molecule has 0 unspecified atom stereocenters. The molecule has 1 saturated heterocycles. The van der Waals surface area contributed by atoms with E-state index in [1.54, 1.807) is 0 Å². The number of rotatable bonds is 2. The second kappa shape index (κ2) is 3.82. The third-order valence-electron chi connectivity index (χ3n) is 2.62. The van der Waals surface area contributed by atoms with Crippen molar-refractivity contribution in [2.45, 2.75) is 33.2 Å². The number of amides is 1. The van der Waals surface area contributed by atoms with Crippen molar-refractivity contribution in [2.75, 3.05) is 0 Å². The van der Waals surface area contributed by atoms with Gasteiger partial charge in [-0.25, -0.2) is 0 Å². The second-order valence-corrected chi connectivity index (χ2v) is 3.66. The smallest absolute Gasteiger partial charge is 0.259 e. The van der Waals surface area contributed by atoms with Crippen molar-refractivity contribution in [3.05, 3.63) is 11.3 Å². The molecule has 0 radical (unpaired) electrons. The minimum atomic E-state index is -0.468. The van der Waals surface area contributed by atoms with Crippen LogP contribution < -0.4 is 5.32 Å². The molecule has 14 heavy (non-hydrogen) atoms. The van der Waals surface area contributed by atoms with Crippen LogP contribution in [0.15, 0.2) is 11.3 Å². The predicted octanol–water partition coefficient (Wildman–Crippen LogP) is 0.932. The summed E-state index contributed by atoms with van der Waals surface area (Å²) in [5.74, 6) is -0.841. The van der Waals surface area contributed by atoms with Gasteiger partial charge >= 0.3 is 0 Å². The maximum Gasteiger partial charge on any atom is 0.259 e. The first-order valence-electron chi connectivity index (χ1n) is 4.74. The molecule has 4 nitrogen and oxygen atoms in total. The molecular weight excluding hydrogens is 182 g/mol. The SMILES string of the molecule is CC[C@@H](C)[C@@H]1NC(=O)C(=C(C)O)C1=O. The normalized spacial score (nSPS) is 27.5. The minimum Gasteiger partial charge on any atom is -0.512 e. The summed E-state index contributed by atoms with van der Waals surface area (Å²) >= 11 is 0. The number of nitrogens with one attached hydrogen (secondary N) is 1. The molecule has 1 heterocycles. The summed E-state index contributed by atoms with van der Waals surface area (Å²) in [4.78, 5) is 23.0. The quantitative estimate of drug-likeness (QED) is 0.393. The average molecular weight is 197 g/mol. The van der Waals surface area contributed by atoms with Gasteiger partial charge in [0.25, 0.3) is 5.91 Å². The number of aliphatic hydroxyl groups is 1. The van der Waals surface area contributed by atoms with E-state index in [1.165, 1.54) is 6.92 Å². The molecule has 0 aromatic heterocycles. The van der Waals surface area contributed by atoms with Crippen LogP contribution in [-0.4, -0.2) is 22.8 Å². The summed E-state index contributed by atoms with van der Waals surface area (Å²) in [6.45, 7) is 5.21. The molecule has 1 amide bonds. The molecule has 0 aromatic rings. The molecule has 0 aromatic carbocycles. The Labute approximate surface area is 83.0 Å². The monoisotopic (exact) mass is 197 g/mol. The van der Waals surface area contributed by atoms with Crippen molar-refractivity contribution < 1.29 is 14.7 Å². The minimum absolute atomic E-state index is 0.0877. The number of hydrogen-bond acceptors (Lipinski definition) is 3. The van der Waals surface area contributed by atoms with E-state index in [1.807, 2.05) is 13.8 Å². The lowest BCUT2D eigenvalue weighted by Crippen LogP contribution is -2.35. The van der Waals surface area contributed by atoms with Crippen LogP contribution in [-0.2, 0) is 9.59 Å². The second-order valence-electron chi connectivity index (χ2n) is 3.66. The lowest BCUT2D eigenvalue weighted by atomic mass is 9.95. The molecule has 1 aliphatic rings. The summed E-state index contributed by atoms with van der Waals surface area (Å²) in [7, 11) is 0. The Morgan fingerprint density at radius 2 is 2.14 bits per heavy atom. The number of allylic oxidation sites excluding steroid dienone is 1. The van der Waals surface area contributed by atoms with E-state index in [-0.39, 0.29) is 23.0 Å². The Morgan fingerprint density at radius 3 is 2.50 bits per heavy atom. The van der Waals surface area contributed by atoms with Gasteiger partial charge in [-0.2, -0.15) is 0 Å². The lowest BCUT2D eigenvalue weighted by Gasteiger charge is -2.14. The molecule has 1 rings (SSSR count). The zero-order valence-electron chi connectivity index (χ0n) is 8.63. The molecule has 0 spiro atoms. The number of carbonyl (C=O) groups is 2. The fourth-order valence-corrected chi connectivity index (χ4v) is 1.53. The fourth-order valence-electron chi connectivity index (χ4n) is 1.53. The molecule has 1 fully saturated rings. The molecule has 2 atom stereocenters. The highest BCUT2D eigenvalue weighted by atomic mass is 16.3. The highest BCUT2D eigenvalue weighted by Gasteiger charge is 2.39. The van der Waals surface area contributed by atoms with Gasteiger partial charge in [0, 0.05) is 0 Å². The zero-order chi connectivity index (χ0) is 10.9. The standard InChI is InChI=1S/C10H15NO3/c1-4-5(2)8-9(13)7(6(3)12)10(14)11-8/h5,8,12H,4H2,1-3H3,(H,11,14)/t5-,8+/m1/s1. The Balaban J connectivity index is 2.97. The van der Waals surface area contributed by atoms with Crippen LogP contribution in [0, 0.1) is 5.92 Å². The predicted molar refractivity (Wildman–Crippen MR) is 51.7 cm³/mol. The van der Waals surface area contributed by atoms with Crippen LogP contribution in [0.25, 0.3) is 0 Å². The molecule has 0 saturated carbocycles. The maximum absolute atomic E-state index is 11.7. The third kappa shape index (κ3) is 1.64. The van der Waals surface area contributed by atoms with Crippen molar-refractivity contribution in [1.82, 2.24) is 5.32 Å². The van der Waals surface area contributed by atoms with E-state index in [0.717, 1.165) is 6.42 Å². The third-order valence-corrected chi connectivity index (χ3v) is 2.62. The average Bonchev–Trinajstić information content (AvgIpc) is 2.40. The van der Waals surface area contributed by atoms with Gasteiger partial charge in [-0.15, -0.1) is 0 Å². The Morgan fingerprint density at radius 1 is 1.57 bits per heavy atom. The van der Waals surface area contributed by atoms with E-state index in [4.69, 9.17) is 5.11 Å². The number of aliphatic hydroxyl groups excluding tert-OH is 1. The molecular formula is C10H15NO3. The van der Waals surface area contributed by atoms with Gasteiger partial charge in [-0.1, -0.05) is 20.3 Å². The van der Waals surface area contributed by atoms with Crippen LogP contribution in [0.2, 0.25) is 0 Å². The topological polar surface area (TPSA) is 66.4 Å². The first-order chi connectivity index (χ1) is 6.49. The van der Waals surface area contributed by atoms with Crippen molar-refractivity contribution in [2.24, 2.45) is 5.92 Å². The summed E-state index contributed by atoms with van der Waals surface area (Å²) < 4.78 is 0. The van der Waals surface area contributed by atoms with Crippen molar-refractivity contribution >= 4 is 11.7 Å². The van der Waals surface area contributed by atoms with Gasteiger partial charge in [-0.3, -0.25) is 9.59 Å². The fraction of sp³-hybridized carbons (Fsp3) is 0.600. The first-order valence-corrected chi connectivity index (χ1v) is 4.74. The van der Waals surface area contributed by atoms with Gasteiger partial charge in [0.1, 0.15) is 11.3 Å². The van der Waals surface area contributed by atoms with Gasteiger partial charge in [0.2, 0.25) is 0 Å². The molecule has 1 aliphatic heterocycles. The lowest BCUT2D eigenvalue weighted by molar-refractivity contribution is -0.117. The van der Waals surface area contributed by atoms with Crippen LogP contribution in [0.3, 0.4) is 0 Å². The highest BCUT2D eigenvalue weighted by molar-refractivity contribution is 6.26. The summed E-state index contributed by atoms with van der Waals surface area (Å²) in [6.07, 6.45) is 0.814. The Bertz CT molecular complexity index is 302. The van der Waals surface area contributed by atoms with E-state index >= 15 is 0 Å². The van der Waals surface area contributed by atoms with Crippen molar-refractivity contribution in [1.29, 1.82) is 0 Å². The summed E-state index contributed by atoms with van der Waals surface area (Å²) in [5, 5.41) is 11.7. The van der Waals surface area contributed by atoms with Crippen LogP contribution in [0.1, 0.15) is 27.2 Å². The van der Waals surface area contributed by atoms with Crippen molar-refractivity contribution in [3.63, 3.8) is 0 Å². The number of ketones is 1. The van der Waals surface area contributed by atoms with Crippen LogP contribution >= 0.6 is 0 Å². The highest BCUT2D eigenvalue weighted by Crippen LogP contribution is 2.20. The van der Waals surface area contributed by atoms with E-state index in [2.05, 4.69) is 5.32 Å². The molecule has 4 heteroatoms. The number of carbonyl (C=O) groups excluding carboxylic acids is 2. The number of hydrogen-bond donors (Lipinski definition) is 2. The van der Waals surface area contributed by atoms with Gasteiger partial charge in [0.15, 0.2) is 5.78 Å². The van der Waals surface area contributed by atoms with E-state index < -0.39 is 11.9 Å². The first kappa shape index (κ1) is 10.8. The van der Waals surface area contributed by atoms with Crippen LogP contribution in [0.5, 0.6) is 0 Å². The molecule has 2 N–H and O–H groups in total. The maximum atomic E-state index is 11.7. The summed E-state index contributed by atoms with van der Waals surface area (Å²) in [6, 6.07) is -0.468. The summed E-state index contributed by atoms with van der Waals surface area (Å²) in [5.41, 5.74) is -0.0877. The Hall–Kier alpha value is -1.32. The van der Waals surface area contributed by atoms with Gasteiger partial charge in [-0.05, 0) is 12.8 Å². The molecule has 78 valence electrons. The Kier molecular flexibility index (Phi) is 2.93.